The van der Waals surface area contributed by atoms with Gasteiger partial charge in [0.2, 0.25) is 0 Å². The van der Waals surface area contributed by atoms with Crippen LogP contribution in [0.25, 0.3) is 10.9 Å². The van der Waals surface area contributed by atoms with E-state index in [0.717, 1.165) is 79.0 Å². The highest BCUT2D eigenvalue weighted by Crippen LogP contribution is 2.45. The Balaban J connectivity index is 1.32. The van der Waals surface area contributed by atoms with Crippen LogP contribution < -0.4 is 0 Å². The smallest absolute Gasteiger partial charge is 0.195 e. The van der Waals surface area contributed by atoms with Crippen molar-refractivity contribution >= 4 is 16.7 Å². The Labute approximate surface area is 194 Å². The van der Waals surface area contributed by atoms with E-state index in [1.54, 1.807) is 6.07 Å². The quantitative estimate of drug-likeness (QED) is 0.640. The predicted molar refractivity (Wildman–Crippen MR) is 128 cm³/mol. The molecule has 5 heteroatoms. The zero-order chi connectivity index (χ0) is 22.7. The third kappa shape index (κ3) is 3.24. The third-order valence-electron chi connectivity index (χ3n) is 8.02. The van der Waals surface area contributed by atoms with Crippen molar-refractivity contribution in [2.75, 3.05) is 32.8 Å². The van der Waals surface area contributed by atoms with E-state index in [0.29, 0.717) is 17.4 Å². The van der Waals surface area contributed by atoms with E-state index >= 15 is 0 Å². The maximum absolute atomic E-state index is 13.6. The van der Waals surface area contributed by atoms with Crippen molar-refractivity contribution < 1.29 is 9.53 Å². The number of aromatic nitrogens is 1. The summed E-state index contributed by atoms with van der Waals surface area (Å²) in [6.07, 6.45) is 2.32. The molecule has 2 saturated heterocycles. The highest BCUT2D eigenvalue weighted by atomic mass is 16.5. The molecule has 0 radical (unpaired) electrons. The molecule has 0 bridgehead atoms. The first-order valence-corrected chi connectivity index (χ1v) is 12.0. The van der Waals surface area contributed by atoms with Crippen LogP contribution in [0.2, 0.25) is 0 Å². The summed E-state index contributed by atoms with van der Waals surface area (Å²) < 4.78 is 5.33. The van der Waals surface area contributed by atoms with Gasteiger partial charge in [-0.05, 0) is 55.1 Å². The Hall–Kier alpha value is -2.94. The van der Waals surface area contributed by atoms with Gasteiger partial charge in [-0.1, -0.05) is 38.1 Å². The van der Waals surface area contributed by atoms with Crippen molar-refractivity contribution in [1.29, 1.82) is 5.26 Å². The van der Waals surface area contributed by atoms with E-state index < -0.39 is 0 Å². The second-order valence-corrected chi connectivity index (χ2v) is 10.5. The minimum atomic E-state index is -0.314. The van der Waals surface area contributed by atoms with Gasteiger partial charge in [0.1, 0.15) is 0 Å². The van der Waals surface area contributed by atoms with Crippen LogP contribution in [0.1, 0.15) is 70.9 Å². The first kappa shape index (κ1) is 20.7. The lowest BCUT2D eigenvalue weighted by atomic mass is 9.70. The number of nitrogens with one attached hydrogen (secondary N) is 1. The fourth-order valence-electron chi connectivity index (χ4n) is 5.98. The number of benzene rings is 2. The first-order valence-electron chi connectivity index (χ1n) is 12.0. The minimum Gasteiger partial charge on any atom is -0.381 e. The molecule has 1 N–H and O–H groups in total. The van der Waals surface area contributed by atoms with Crippen LogP contribution >= 0.6 is 0 Å². The van der Waals surface area contributed by atoms with Crippen LogP contribution in [0.4, 0.5) is 0 Å². The lowest BCUT2D eigenvalue weighted by molar-refractivity contribution is -0.0487. The zero-order valence-corrected chi connectivity index (χ0v) is 19.3. The molecule has 1 aliphatic carbocycles. The molecule has 3 aromatic rings. The molecule has 1 aromatic heterocycles. The lowest BCUT2D eigenvalue weighted by Crippen LogP contribution is -2.42. The highest BCUT2D eigenvalue weighted by molar-refractivity contribution is 6.20. The number of aromatic amines is 1. The number of carbonyl (C=O) groups is 1. The molecule has 0 amide bonds. The molecule has 2 aromatic carbocycles. The van der Waals surface area contributed by atoms with Crippen LogP contribution in [0.15, 0.2) is 36.4 Å². The Morgan fingerprint density at radius 3 is 2.64 bits per heavy atom. The molecule has 0 atom stereocenters. The van der Waals surface area contributed by atoms with E-state index in [4.69, 9.17) is 4.74 Å². The maximum atomic E-state index is 13.6. The van der Waals surface area contributed by atoms with Crippen LogP contribution in [0.5, 0.6) is 0 Å². The van der Waals surface area contributed by atoms with Gasteiger partial charge in [0.15, 0.2) is 5.78 Å². The van der Waals surface area contributed by atoms with Gasteiger partial charge in [0, 0.05) is 40.0 Å². The number of nitriles is 1. The molecule has 2 fully saturated rings. The topological polar surface area (TPSA) is 69.1 Å². The predicted octanol–water partition coefficient (Wildman–Crippen LogP) is 4.74. The second kappa shape index (κ2) is 7.55. The number of carbonyl (C=O) groups excluding carboxylic acids is 1. The van der Waals surface area contributed by atoms with E-state index in [9.17, 15) is 10.1 Å². The normalized spacial score (nSPS) is 20.8. The fourth-order valence-corrected chi connectivity index (χ4v) is 5.98. The summed E-state index contributed by atoms with van der Waals surface area (Å²) in [6.45, 7) is 9.66. The summed E-state index contributed by atoms with van der Waals surface area (Å²) in [5.41, 5.74) is 6.13. The molecule has 3 heterocycles. The third-order valence-corrected chi connectivity index (χ3v) is 8.02. The van der Waals surface area contributed by atoms with Crippen molar-refractivity contribution in [3.63, 3.8) is 0 Å². The summed E-state index contributed by atoms with van der Waals surface area (Å²) in [5, 5.41) is 10.2. The number of likely N-dealkylation sites (tertiary alicyclic amines) is 1. The maximum Gasteiger partial charge on any atom is 0.195 e. The van der Waals surface area contributed by atoms with Crippen molar-refractivity contribution in [3.8, 4) is 6.07 Å². The molecule has 2 aliphatic heterocycles. The van der Waals surface area contributed by atoms with E-state index in [1.165, 1.54) is 5.56 Å². The van der Waals surface area contributed by atoms with Gasteiger partial charge in [-0.2, -0.15) is 5.26 Å². The fraction of sp³-hybridized carbons (Fsp3) is 0.429. The van der Waals surface area contributed by atoms with Crippen molar-refractivity contribution in [3.05, 3.63) is 69.9 Å². The molecule has 0 unspecified atom stereocenters. The van der Waals surface area contributed by atoms with Crippen molar-refractivity contribution in [1.82, 2.24) is 9.88 Å². The number of ketones is 1. The number of H-pyrrole nitrogens is 1. The zero-order valence-electron chi connectivity index (χ0n) is 19.3. The number of ether oxygens (including phenoxy) is 1. The minimum absolute atomic E-state index is 0.0827. The number of nitrogens with zero attached hydrogens (tertiary/aromatic N) is 2. The lowest BCUT2D eigenvalue weighted by Gasteiger charge is -2.37. The molecule has 168 valence electrons. The van der Waals surface area contributed by atoms with Crippen molar-refractivity contribution in [2.45, 2.75) is 38.0 Å². The summed E-state index contributed by atoms with van der Waals surface area (Å²) >= 11 is 0. The number of hydrogen-bond donors (Lipinski definition) is 1. The number of rotatable bonds is 3. The summed E-state index contributed by atoms with van der Waals surface area (Å²) in [6, 6.07) is 14.3. The Morgan fingerprint density at radius 2 is 1.94 bits per heavy atom. The van der Waals surface area contributed by atoms with Gasteiger partial charge in [-0.25, -0.2) is 0 Å². The molecule has 6 rings (SSSR count). The van der Waals surface area contributed by atoms with Crippen LogP contribution in [-0.4, -0.2) is 48.5 Å². The monoisotopic (exact) mass is 439 g/mol. The molecular weight excluding hydrogens is 410 g/mol. The van der Waals surface area contributed by atoms with Gasteiger partial charge in [0.05, 0.1) is 30.4 Å². The molecule has 0 saturated carbocycles. The Kier molecular flexibility index (Phi) is 4.72. The van der Waals surface area contributed by atoms with Gasteiger partial charge in [0.25, 0.3) is 0 Å². The van der Waals surface area contributed by atoms with Gasteiger partial charge in [-0.15, -0.1) is 0 Å². The molecule has 5 nitrogen and oxygen atoms in total. The number of hydrogen-bond acceptors (Lipinski definition) is 4. The number of piperidine rings is 1. The first-order chi connectivity index (χ1) is 16.0. The summed E-state index contributed by atoms with van der Waals surface area (Å²) in [4.78, 5) is 19.7. The Morgan fingerprint density at radius 1 is 1.15 bits per heavy atom. The van der Waals surface area contributed by atoms with Crippen LogP contribution in [0, 0.1) is 17.2 Å². The molecule has 3 aliphatic rings. The molecule has 0 spiro atoms. The SMILES string of the molecule is CC1(C)c2cc(C3CCN(CC4COC4)CC3)ccc2C(=O)c2c1[nH]c1cc(C#N)ccc21. The van der Waals surface area contributed by atoms with Gasteiger partial charge < -0.3 is 14.6 Å². The van der Waals surface area contributed by atoms with Crippen molar-refractivity contribution in [2.24, 2.45) is 5.92 Å². The molecule has 33 heavy (non-hydrogen) atoms. The van der Waals surface area contributed by atoms with E-state index in [-0.39, 0.29) is 11.2 Å². The standard InChI is InChI=1S/C28H29N3O2/c1-28(2)23-12-20(19-7-9-31(10-8-19)14-18-15-33-16-18)4-6-21(23)26(32)25-22-5-3-17(13-29)11-24(22)30-27(25)28/h3-6,11-12,18-19,30H,7-10,14-16H2,1-2H3. The highest BCUT2D eigenvalue weighted by Gasteiger charge is 2.40. The van der Waals surface area contributed by atoms with E-state index in [2.05, 4.69) is 48.0 Å². The van der Waals surface area contributed by atoms with Crippen LogP contribution in [-0.2, 0) is 10.2 Å². The average Bonchev–Trinajstić information content (AvgIpc) is 3.20. The van der Waals surface area contributed by atoms with E-state index in [1.807, 2.05) is 12.1 Å². The average molecular weight is 440 g/mol. The Bertz CT molecular complexity index is 1300. The van der Waals surface area contributed by atoms with Gasteiger partial charge >= 0.3 is 0 Å². The molecular formula is C28H29N3O2. The summed E-state index contributed by atoms with van der Waals surface area (Å²) in [5.74, 6) is 1.34. The largest absolute Gasteiger partial charge is 0.381 e. The summed E-state index contributed by atoms with van der Waals surface area (Å²) in [7, 11) is 0. The second-order valence-electron chi connectivity index (χ2n) is 10.5. The number of fused-ring (bicyclic) bond motifs is 4. The van der Waals surface area contributed by atoms with Crippen LogP contribution in [0.3, 0.4) is 0 Å². The van der Waals surface area contributed by atoms with Gasteiger partial charge in [-0.3, -0.25) is 4.79 Å².